The molecule has 2 rings (SSSR count). The van der Waals surface area contributed by atoms with E-state index < -0.39 is 5.97 Å². The van der Waals surface area contributed by atoms with Gasteiger partial charge in [0.15, 0.2) is 0 Å². The Morgan fingerprint density at radius 1 is 0.944 bits per heavy atom. The molecular weight excluding hydrogens is 224 g/mol. The van der Waals surface area contributed by atoms with Crippen LogP contribution in [0.4, 0.5) is 0 Å². The van der Waals surface area contributed by atoms with Crippen molar-refractivity contribution in [3.63, 3.8) is 0 Å². The van der Waals surface area contributed by atoms with E-state index in [1.54, 1.807) is 0 Å². The molecule has 0 aliphatic carbocycles. The third-order valence-electron chi connectivity index (χ3n) is 2.63. The van der Waals surface area contributed by atoms with Gasteiger partial charge < -0.3 is 5.11 Å². The van der Waals surface area contributed by atoms with Gasteiger partial charge in [0.05, 0.1) is 6.42 Å². The standard InChI is InChI=1S/C16H14O2/c17-16(18)12-15(14-9-5-2-6-10-14)11-13-7-3-1-4-8-13/h1-11H,12H2,(H,17,18). The zero-order chi connectivity index (χ0) is 12.8. The van der Waals surface area contributed by atoms with Crippen LogP contribution in [0, 0.1) is 0 Å². The van der Waals surface area contributed by atoms with Gasteiger partial charge in [0.1, 0.15) is 0 Å². The first-order chi connectivity index (χ1) is 8.75. The van der Waals surface area contributed by atoms with Crippen LogP contribution in [0.1, 0.15) is 17.5 Å². The van der Waals surface area contributed by atoms with E-state index in [2.05, 4.69) is 0 Å². The van der Waals surface area contributed by atoms with E-state index in [1.807, 2.05) is 66.7 Å². The molecule has 0 aliphatic rings. The molecule has 2 heteroatoms. The largest absolute Gasteiger partial charge is 0.481 e. The fourth-order valence-electron chi connectivity index (χ4n) is 1.80. The Balaban J connectivity index is 2.37. The van der Waals surface area contributed by atoms with Crippen LogP contribution in [-0.2, 0) is 4.79 Å². The predicted molar refractivity (Wildman–Crippen MR) is 73.0 cm³/mol. The van der Waals surface area contributed by atoms with E-state index >= 15 is 0 Å². The van der Waals surface area contributed by atoms with Crippen LogP contribution in [0.25, 0.3) is 11.6 Å². The molecule has 0 saturated carbocycles. The second-order valence-corrected chi connectivity index (χ2v) is 4.02. The van der Waals surface area contributed by atoms with Crippen molar-refractivity contribution in [1.82, 2.24) is 0 Å². The van der Waals surface area contributed by atoms with Gasteiger partial charge in [-0.05, 0) is 16.7 Å². The molecule has 0 heterocycles. The molecule has 0 fully saturated rings. The summed E-state index contributed by atoms with van der Waals surface area (Å²) < 4.78 is 0. The average molecular weight is 238 g/mol. The number of carboxylic acids is 1. The lowest BCUT2D eigenvalue weighted by Crippen LogP contribution is -1.97. The summed E-state index contributed by atoms with van der Waals surface area (Å²) in [7, 11) is 0. The molecule has 0 saturated heterocycles. The van der Waals surface area contributed by atoms with Crippen LogP contribution >= 0.6 is 0 Å². The van der Waals surface area contributed by atoms with Gasteiger partial charge in [0.25, 0.3) is 0 Å². The third-order valence-corrected chi connectivity index (χ3v) is 2.63. The number of carbonyl (C=O) groups is 1. The highest BCUT2D eigenvalue weighted by Gasteiger charge is 2.06. The molecule has 1 N–H and O–H groups in total. The minimum atomic E-state index is -0.818. The first-order valence-electron chi connectivity index (χ1n) is 5.78. The number of carboxylic acid groups (broad SMARTS) is 1. The summed E-state index contributed by atoms with van der Waals surface area (Å²) >= 11 is 0. The van der Waals surface area contributed by atoms with Crippen LogP contribution in [0.15, 0.2) is 60.7 Å². The van der Waals surface area contributed by atoms with Crippen molar-refractivity contribution in [2.45, 2.75) is 6.42 Å². The summed E-state index contributed by atoms with van der Waals surface area (Å²) in [4.78, 5) is 10.9. The fourth-order valence-corrected chi connectivity index (χ4v) is 1.80. The molecule has 2 aromatic carbocycles. The van der Waals surface area contributed by atoms with E-state index in [0.717, 1.165) is 16.7 Å². The summed E-state index contributed by atoms with van der Waals surface area (Å²) in [5.74, 6) is -0.818. The molecule has 0 bridgehead atoms. The quantitative estimate of drug-likeness (QED) is 0.824. The van der Waals surface area contributed by atoms with Crippen LogP contribution < -0.4 is 0 Å². The number of rotatable bonds is 4. The van der Waals surface area contributed by atoms with Gasteiger partial charge in [0, 0.05) is 0 Å². The SMILES string of the molecule is O=C(O)CC(=Cc1ccccc1)c1ccccc1. The molecule has 0 atom stereocenters. The number of benzene rings is 2. The maximum atomic E-state index is 10.9. The van der Waals surface area contributed by atoms with Crippen LogP contribution in [0.3, 0.4) is 0 Å². The summed E-state index contributed by atoms with van der Waals surface area (Å²) in [6.45, 7) is 0. The van der Waals surface area contributed by atoms with Crippen molar-refractivity contribution in [2.75, 3.05) is 0 Å². The molecule has 18 heavy (non-hydrogen) atoms. The van der Waals surface area contributed by atoms with Gasteiger partial charge in [0.2, 0.25) is 0 Å². The molecule has 0 radical (unpaired) electrons. The highest BCUT2D eigenvalue weighted by molar-refractivity contribution is 5.91. The molecular formula is C16H14O2. The van der Waals surface area contributed by atoms with Crippen LogP contribution in [0.5, 0.6) is 0 Å². The zero-order valence-electron chi connectivity index (χ0n) is 9.91. The van der Waals surface area contributed by atoms with Crippen molar-refractivity contribution in [3.05, 3.63) is 71.8 Å². The van der Waals surface area contributed by atoms with Gasteiger partial charge in [-0.15, -0.1) is 0 Å². The highest BCUT2D eigenvalue weighted by atomic mass is 16.4. The van der Waals surface area contributed by atoms with Crippen molar-refractivity contribution in [1.29, 1.82) is 0 Å². The van der Waals surface area contributed by atoms with E-state index in [9.17, 15) is 4.79 Å². The molecule has 0 unspecified atom stereocenters. The molecule has 0 aromatic heterocycles. The van der Waals surface area contributed by atoms with Crippen molar-refractivity contribution >= 4 is 17.6 Å². The molecule has 0 spiro atoms. The van der Waals surface area contributed by atoms with Crippen molar-refractivity contribution in [3.8, 4) is 0 Å². The molecule has 2 nitrogen and oxygen atoms in total. The Morgan fingerprint density at radius 2 is 1.50 bits per heavy atom. The predicted octanol–water partition coefficient (Wildman–Crippen LogP) is 3.70. The summed E-state index contributed by atoms with van der Waals surface area (Å²) in [6.07, 6.45) is 1.95. The Morgan fingerprint density at radius 3 is 2.06 bits per heavy atom. The molecule has 0 amide bonds. The smallest absolute Gasteiger partial charge is 0.307 e. The highest BCUT2D eigenvalue weighted by Crippen LogP contribution is 2.21. The summed E-state index contributed by atoms with van der Waals surface area (Å²) in [5, 5.41) is 8.98. The summed E-state index contributed by atoms with van der Waals surface area (Å²) in [6, 6.07) is 19.3. The lowest BCUT2D eigenvalue weighted by atomic mass is 10.00. The van der Waals surface area contributed by atoms with Gasteiger partial charge in [-0.2, -0.15) is 0 Å². The zero-order valence-corrected chi connectivity index (χ0v) is 9.91. The van der Waals surface area contributed by atoms with E-state index in [-0.39, 0.29) is 6.42 Å². The summed E-state index contributed by atoms with van der Waals surface area (Å²) in [5.41, 5.74) is 2.77. The van der Waals surface area contributed by atoms with Gasteiger partial charge in [-0.1, -0.05) is 66.7 Å². The van der Waals surface area contributed by atoms with Gasteiger partial charge in [-0.3, -0.25) is 4.79 Å². The Labute approximate surface area is 106 Å². The molecule has 0 aliphatic heterocycles. The monoisotopic (exact) mass is 238 g/mol. The first kappa shape index (κ1) is 12.1. The van der Waals surface area contributed by atoms with Gasteiger partial charge in [-0.25, -0.2) is 0 Å². The lowest BCUT2D eigenvalue weighted by molar-refractivity contribution is -0.135. The maximum absolute atomic E-state index is 10.9. The minimum Gasteiger partial charge on any atom is -0.481 e. The number of aliphatic carboxylic acids is 1. The second kappa shape index (κ2) is 5.82. The van der Waals surface area contributed by atoms with E-state index in [0.29, 0.717) is 0 Å². The van der Waals surface area contributed by atoms with E-state index in [4.69, 9.17) is 5.11 Å². The maximum Gasteiger partial charge on any atom is 0.307 e. The molecule has 90 valence electrons. The number of hydrogen-bond acceptors (Lipinski definition) is 1. The van der Waals surface area contributed by atoms with Crippen LogP contribution in [-0.4, -0.2) is 11.1 Å². The van der Waals surface area contributed by atoms with E-state index in [1.165, 1.54) is 0 Å². The second-order valence-electron chi connectivity index (χ2n) is 4.02. The Hall–Kier alpha value is -2.35. The topological polar surface area (TPSA) is 37.3 Å². The number of hydrogen-bond donors (Lipinski definition) is 1. The van der Waals surface area contributed by atoms with Gasteiger partial charge >= 0.3 is 5.97 Å². The van der Waals surface area contributed by atoms with Crippen molar-refractivity contribution in [2.24, 2.45) is 0 Å². The van der Waals surface area contributed by atoms with Crippen molar-refractivity contribution < 1.29 is 9.90 Å². The molecule has 2 aromatic rings. The first-order valence-corrected chi connectivity index (χ1v) is 5.78. The lowest BCUT2D eigenvalue weighted by Gasteiger charge is -2.05. The third kappa shape index (κ3) is 3.32. The fraction of sp³-hybridized carbons (Fsp3) is 0.0625. The Bertz CT molecular complexity index is 542. The normalized spacial score (nSPS) is 11.2. The van der Waals surface area contributed by atoms with Crippen LogP contribution in [0.2, 0.25) is 0 Å². The Kier molecular flexibility index (Phi) is 3.92. The minimum absolute atomic E-state index is 0.0267. The average Bonchev–Trinajstić information content (AvgIpc) is 2.40.